The van der Waals surface area contributed by atoms with Crippen LogP contribution in [0, 0.1) is 0 Å². The topological polar surface area (TPSA) is 53.9 Å². The highest BCUT2D eigenvalue weighted by Gasteiger charge is 2.11. The van der Waals surface area contributed by atoms with Crippen molar-refractivity contribution in [2.24, 2.45) is 4.99 Å². The Labute approximate surface area is 75.9 Å². The number of aromatic hydroxyl groups is 1. The summed E-state index contributed by atoms with van der Waals surface area (Å²) in [4.78, 5) is 4.09. The van der Waals surface area contributed by atoms with Crippen LogP contribution in [0.2, 0.25) is 0 Å². The van der Waals surface area contributed by atoms with Crippen molar-refractivity contribution in [3.63, 3.8) is 0 Å². The Morgan fingerprint density at radius 3 is 3.15 bits per heavy atom. The highest BCUT2D eigenvalue weighted by molar-refractivity contribution is 5.70. The molecule has 2 rings (SSSR count). The molecule has 0 amide bonds. The third-order valence-electron chi connectivity index (χ3n) is 1.99. The van der Waals surface area contributed by atoms with Gasteiger partial charge in [0.25, 0.3) is 0 Å². The predicted molar refractivity (Wildman–Crippen MR) is 49.7 cm³/mol. The molecule has 1 aliphatic heterocycles. The third-order valence-corrected chi connectivity index (χ3v) is 1.99. The normalized spacial score (nSPS) is 13.3. The first kappa shape index (κ1) is 7.91. The number of rotatable bonds is 1. The van der Waals surface area contributed by atoms with Gasteiger partial charge in [-0.25, -0.2) is 4.99 Å². The first-order valence-electron chi connectivity index (χ1n) is 3.97. The van der Waals surface area contributed by atoms with Gasteiger partial charge in [-0.05, 0) is 0 Å². The van der Waals surface area contributed by atoms with E-state index in [1.54, 1.807) is 25.6 Å². The van der Waals surface area contributed by atoms with Crippen LogP contribution in [0.1, 0.15) is 5.56 Å². The maximum atomic E-state index is 9.57. The van der Waals surface area contributed by atoms with Gasteiger partial charge < -0.3 is 15.2 Å². The fourth-order valence-electron chi connectivity index (χ4n) is 1.29. The lowest BCUT2D eigenvalue weighted by atomic mass is 10.1. The number of hydrogen-bond donors (Lipinski definition) is 2. The molecule has 0 aliphatic carbocycles. The van der Waals surface area contributed by atoms with E-state index in [2.05, 4.69) is 10.3 Å². The highest BCUT2D eigenvalue weighted by atomic mass is 16.5. The maximum absolute atomic E-state index is 9.57. The highest BCUT2D eigenvalue weighted by Crippen LogP contribution is 2.34. The number of phenolic OH excluding ortho intramolecular Hbond substituents is 1. The van der Waals surface area contributed by atoms with Crippen molar-refractivity contribution in [1.29, 1.82) is 0 Å². The monoisotopic (exact) mass is 178 g/mol. The second-order valence-electron chi connectivity index (χ2n) is 2.78. The van der Waals surface area contributed by atoms with Gasteiger partial charge in [-0.1, -0.05) is 0 Å². The Morgan fingerprint density at radius 2 is 2.38 bits per heavy atom. The Morgan fingerprint density at radius 1 is 1.54 bits per heavy atom. The lowest BCUT2D eigenvalue weighted by Crippen LogP contribution is -2.14. The van der Waals surface area contributed by atoms with Crippen LogP contribution < -0.4 is 10.1 Å². The quantitative estimate of drug-likeness (QED) is 0.678. The summed E-state index contributed by atoms with van der Waals surface area (Å²) in [5.74, 6) is 0.842. The second kappa shape index (κ2) is 2.97. The summed E-state index contributed by atoms with van der Waals surface area (Å²) < 4.78 is 5.01. The smallest absolute Gasteiger partial charge is 0.126 e. The van der Waals surface area contributed by atoms with Crippen LogP contribution >= 0.6 is 0 Å². The average Bonchev–Trinajstić information content (AvgIpc) is 2.18. The molecule has 0 spiro atoms. The van der Waals surface area contributed by atoms with E-state index in [9.17, 15) is 5.11 Å². The number of ether oxygens (including phenoxy) is 1. The summed E-state index contributed by atoms with van der Waals surface area (Å²) >= 11 is 0. The molecule has 0 aromatic heterocycles. The van der Waals surface area contributed by atoms with E-state index in [-0.39, 0.29) is 5.75 Å². The summed E-state index contributed by atoms with van der Waals surface area (Å²) in [6, 6.07) is 3.38. The van der Waals surface area contributed by atoms with Crippen molar-refractivity contribution >= 4 is 12.0 Å². The summed E-state index contributed by atoms with van der Waals surface area (Å²) in [5, 5.41) is 12.5. The molecule has 0 unspecified atom stereocenters. The summed E-state index contributed by atoms with van der Waals surface area (Å²) in [7, 11) is 1.56. The van der Waals surface area contributed by atoms with Crippen molar-refractivity contribution < 1.29 is 9.84 Å². The van der Waals surface area contributed by atoms with Gasteiger partial charge in [0.05, 0.1) is 19.1 Å². The van der Waals surface area contributed by atoms with Crippen molar-refractivity contribution in [1.82, 2.24) is 5.32 Å². The zero-order valence-corrected chi connectivity index (χ0v) is 7.24. The molecule has 13 heavy (non-hydrogen) atoms. The largest absolute Gasteiger partial charge is 0.507 e. The van der Waals surface area contributed by atoms with E-state index in [0.29, 0.717) is 12.3 Å². The molecule has 0 bridgehead atoms. The van der Waals surface area contributed by atoms with Crippen LogP contribution in [0.15, 0.2) is 17.1 Å². The van der Waals surface area contributed by atoms with Crippen molar-refractivity contribution in [2.45, 2.75) is 6.54 Å². The summed E-state index contributed by atoms with van der Waals surface area (Å²) in [6.45, 7) is 0.606. The number of hydrogen-bond acceptors (Lipinski definition) is 4. The number of benzene rings is 1. The first-order valence-corrected chi connectivity index (χ1v) is 3.97. The van der Waals surface area contributed by atoms with Gasteiger partial charge in [0.1, 0.15) is 11.5 Å². The molecule has 2 N–H and O–H groups in total. The fourth-order valence-corrected chi connectivity index (χ4v) is 1.29. The fraction of sp³-hybridized carbons (Fsp3) is 0.222. The Kier molecular flexibility index (Phi) is 1.81. The van der Waals surface area contributed by atoms with Gasteiger partial charge in [0.2, 0.25) is 0 Å². The van der Waals surface area contributed by atoms with Crippen LogP contribution in [-0.2, 0) is 6.54 Å². The standard InChI is InChI=1S/C9H10N2O2/c1-13-6-2-8-7(9(12)3-6)4-10-5-11-8/h2-3,5,12H,4H2,1H3,(H,10,11). The molecule has 4 heteroatoms. The van der Waals surface area contributed by atoms with E-state index in [1.807, 2.05) is 0 Å². The molecular weight excluding hydrogens is 168 g/mol. The molecule has 68 valence electrons. The Hall–Kier alpha value is -1.71. The zero-order chi connectivity index (χ0) is 9.26. The van der Waals surface area contributed by atoms with E-state index in [1.165, 1.54) is 0 Å². The van der Waals surface area contributed by atoms with Crippen molar-refractivity contribution in [2.75, 3.05) is 7.11 Å². The van der Waals surface area contributed by atoms with Crippen LogP contribution in [0.5, 0.6) is 11.5 Å². The van der Waals surface area contributed by atoms with Crippen LogP contribution in [0.25, 0.3) is 0 Å². The van der Waals surface area contributed by atoms with Gasteiger partial charge in [-0.3, -0.25) is 0 Å². The number of fused-ring (bicyclic) bond motifs is 1. The number of aliphatic imine (C=N–C) groups is 1. The van der Waals surface area contributed by atoms with Crippen LogP contribution in [0.4, 0.5) is 5.69 Å². The van der Waals surface area contributed by atoms with Gasteiger partial charge in [-0.15, -0.1) is 0 Å². The Balaban J connectivity index is 2.55. The molecule has 0 radical (unpaired) electrons. The minimum Gasteiger partial charge on any atom is -0.507 e. The molecule has 0 fully saturated rings. The van der Waals surface area contributed by atoms with Crippen molar-refractivity contribution in [3.05, 3.63) is 17.7 Å². The van der Waals surface area contributed by atoms with Gasteiger partial charge in [-0.2, -0.15) is 0 Å². The molecule has 0 atom stereocenters. The SMILES string of the molecule is COc1cc(O)c2c(c1)N=CNC2. The molecule has 1 heterocycles. The summed E-state index contributed by atoms with van der Waals surface area (Å²) in [5.41, 5.74) is 1.57. The maximum Gasteiger partial charge on any atom is 0.126 e. The van der Waals surface area contributed by atoms with E-state index >= 15 is 0 Å². The van der Waals surface area contributed by atoms with Gasteiger partial charge in [0.15, 0.2) is 0 Å². The van der Waals surface area contributed by atoms with E-state index in [0.717, 1.165) is 11.3 Å². The number of methoxy groups -OCH3 is 1. The average molecular weight is 178 g/mol. The van der Waals surface area contributed by atoms with Gasteiger partial charge in [0, 0.05) is 24.2 Å². The van der Waals surface area contributed by atoms with Crippen molar-refractivity contribution in [3.8, 4) is 11.5 Å². The molecule has 0 saturated carbocycles. The zero-order valence-electron chi connectivity index (χ0n) is 7.24. The second-order valence-corrected chi connectivity index (χ2v) is 2.78. The third kappa shape index (κ3) is 1.30. The first-order chi connectivity index (χ1) is 6.31. The lowest BCUT2D eigenvalue weighted by molar-refractivity contribution is 0.406. The number of nitrogens with zero attached hydrogens (tertiary/aromatic N) is 1. The van der Waals surface area contributed by atoms with Crippen LogP contribution in [-0.4, -0.2) is 18.6 Å². The molecular formula is C9H10N2O2. The predicted octanol–water partition coefficient (Wildman–Crippen LogP) is 1.16. The molecule has 0 saturated heterocycles. The van der Waals surface area contributed by atoms with E-state index in [4.69, 9.17) is 4.74 Å². The molecule has 4 nitrogen and oxygen atoms in total. The lowest BCUT2D eigenvalue weighted by Gasteiger charge is -2.13. The van der Waals surface area contributed by atoms with Crippen LogP contribution in [0.3, 0.4) is 0 Å². The summed E-state index contributed by atoms with van der Waals surface area (Å²) in [6.07, 6.45) is 1.61. The van der Waals surface area contributed by atoms with Gasteiger partial charge >= 0.3 is 0 Å². The van der Waals surface area contributed by atoms with E-state index < -0.39 is 0 Å². The number of phenols is 1. The number of nitrogens with one attached hydrogen (secondary N) is 1. The Bertz CT molecular complexity index is 361. The molecule has 1 aromatic rings. The minimum absolute atomic E-state index is 0.221. The molecule has 1 aliphatic rings. The molecule has 1 aromatic carbocycles. The minimum atomic E-state index is 0.221.